The molecule has 3 N–H and O–H groups in total. The van der Waals surface area contributed by atoms with E-state index in [1.165, 1.54) is 18.3 Å². The van der Waals surface area contributed by atoms with Crippen molar-refractivity contribution in [2.75, 3.05) is 12.0 Å². The molecule has 1 aromatic carbocycles. The summed E-state index contributed by atoms with van der Waals surface area (Å²) in [6, 6.07) is 3.68. The summed E-state index contributed by atoms with van der Waals surface area (Å²) >= 11 is 0. The molecule has 0 unspecified atom stereocenters. The van der Waals surface area contributed by atoms with Crippen LogP contribution in [0, 0.1) is 5.82 Å². The molecule has 3 heterocycles. The molecule has 14 heteroatoms. The summed E-state index contributed by atoms with van der Waals surface area (Å²) in [7, 11) is 0. The summed E-state index contributed by atoms with van der Waals surface area (Å²) in [6.45, 7) is -4.39. The third kappa shape index (κ3) is 4.24. The van der Waals surface area contributed by atoms with Crippen LogP contribution in [0.15, 0.2) is 41.7 Å². The Morgan fingerprint density at radius 2 is 2.03 bits per heavy atom. The number of aromatic nitrogens is 3. The molecule has 0 saturated carbocycles. The van der Waals surface area contributed by atoms with E-state index < -0.39 is 54.9 Å². The molecular formula is C19H15F7N6O. The van der Waals surface area contributed by atoms with Gasteiger partial charge in [0.05, 0.1) is 0 Å². The van der Waals surface area contributed by atoms with Gasteiger partial charge >= 0.3 is 12.7 Å². The van der Waals surface area contributed by atoms with Crippen LogP contribution in [0.4, 0.5) is 42.2 Å². The zero-order valence-corrected chi connectivity index (χ0v) is 16.5. The summed E-state index contributed by atoms with van der Waals surface area (Å²) in [4.78, 5) is 7.68. The average molecular weight is 476 g/mol. The Bertz CT molecular complexity index is 1210. The largest absolute Gasteiger partial charge is 0.452 e. The highest BCUT2D eigenvalue weighted by Gasteiger charge is 2.52. The number of aliphatic imine (C=N–C) groups is 1. The number of fused-ring (bicyclic) bond motifs is 1. The van der Waals surface area contributed by atoms with Crippen LogP contribution >= 0.6 is 0 Å². The van der Waals surface area contributed by atoms with E-state index >= 15 is 0 Å². The first-order valence-electron chi connectivity index (χ1n) is 9.36. The molecule has 0 radical (unpaired) electrons. The van der Waals surface area contributed by atoms with Gasteiger partial charge in [0.25, 0.3) is 6.02 Å². The second-order valence-corrected chi connectivity index (χ2v) is 7.27. The van der Waals surface area contributed by atoms with E-state index in [4.69, 9.17) is 5.73 Å². The number of alkyl halides is 6. The monoisotopic (exact) mass is 476 g/mol. The van der Waals surface area contributed by atoms with E-state index in [0.717, 1.165) is 18.3 Å². The number of pyridine rings is 1. The Labute approximate surface area is 181 Å². The number of amidine groups is 1. The Kier molecular flexibility index (Phi) is 5.54. The Morgan fingerprint density at radius 3 is 2.70 bits per heavy atom. The predicted octanol–water partition coefficient (Wildman–Crippen LogP) is 4.54. The van der Waals surface area contributed by atoms with Crippen LogP contribution < -0.4 is 11.1 Å². The summed E-state index contributed by atoms with van der Waals surface area (Å²) in [6.07, 6.45) is -6.02. The predicted molar refractivity (Wildman–Crippen MR) is 103 cm³/mol. The molecule has 0 amide bonds. The van der Waals surface area contributed by atoms with Gasteiger partial charge < -0.3 is 15.8 Å². The van der Waals surface area contributed by atoms with Crippen molar-refractivity contribution in [2.24, 2.45) is 10.7 Å². The molecule has 2 aromatic heterocycles. The van der Waals surface area contributed by atoms with Crippen molar-refractivity contribution >= 4 is 28.4 Å². The SMILES string of the molecule is NC1=N[C@](CF)(c2cc(Nc3nccc4cn(C(F)F)nc34)ccc2F)C[C@@H](C(F)(F)F)O1. The summed E-state index contributed by atoms with van der Waals surface area (Å²) in [5.41, 5.74) is 2.70. The van der Waals surface area contributed by atoms with Crippen molar-refractivity contribution in [3.8, 4) is 0 Å². The number of benzene rings is 1. The number of hydrogen-bond acceptors (Lipinski definition) is 6. The zero-order valence-electron chi connectivity index (χ0n) is 16.5. The van der Waals surface area contributed by atoms with Crippen LogP contribution in [-0.2, 0) is 10.3 Å². The van der Waals surface area contributed by atoms with Gasteiger partial charge in [-0.15, -0.1) is 0 Å². The fraction of sp³-hybridized carbons (Fsp3) is 0.316. The molecule has 1 aliphatic rings. The fourth-order valence-corrected chi connectivity index (χ4v) is 3.54. The highest BCUT2D eigenvalue weighted by Crippen LogP contribution is 2.42. The topological polar surface area (TPSA) is 90.3 Å². The van der Waals surface area contributed by atoms with E-state index in [0.29, 0.717) is 10.1 Å². The number of nitrogens with one attached hydrogen (secondary N) is 1. The number of halogens is 7. The second-order valence-electron chi connectivity index (χ2n) is 7.27. The first-order chi connectivity index (χ1) is 15.5. The first kappa shape index (κ1) is 22.6. The van der Waals surface area contributed by atoms with Gasteiger partial charge in [-0.05, 0) is 24.3 Å². The molecular weight excluding hydrogens is 461 g/mol. The molecule has 7 nitrogen and oxygen atoms in total. The Hall–Kier alpha value is -3.58. The Balaban J connectivity index is 1.74. The van der Waals surface area contributed by atoms with Gasteiger partial charge in [0.1, 0.15) is 23.5 Å². The summed E-state index contributed by atoms with van der Waals surface area (Å²) < 4.78 is 99.4. The standard InChI is InChI=1S/C19H15F7N6O/c20-8-18(6-13(19(24,25)26)33-17(27)30-18)11-5-10(1-2-12(11)21)29-15-14-9(3-4-28-15)7-32(31-14)16(22)23/h1-5,7,13,16H,6,8H2,(H2,27,30)(H,28,29)/t13-,18+/m0/s1. The molecule has 3 aromatic rings. The lowest BCUT2D eigenvalue weighted by Gasteiger charge is -2.36. The van der Waals surface area contributed by atoms with E-state index in [1.807, 2.05) is 0 Å². The second kappa shape index (κ2) is 8.08. The zero-order chi connectivity index (χ0) is 24.0. The molecule has 0 saturated heterocycles. The third-order valence-electron chi connectivity index (χ3n) is 5.07. The van der Waals surface area contributed by atoms with Crippen LogP contribution in [0.3, 0.4) is 0 Å². The highest BCUT2D eigenvalue weighted by atomic mass is 19.4. The minimum absolute atomic E-state index is 0.0157. The van der Waals surface area contributed by atoms with Crippen molar-refractivity contribution in [1.82, 2.24) is 14.8 Å². The first-order valence-corrected chi connectivity index (χ1v) is 9.36. The number of nitrogens with two attached hydrogens (primary N) is 1. The molecule has 0 aliphatic carbocycles. The van der Waals surface area contributed by atoms with Crippen LogP contribution in [-0.4, -0.2) is 39.7 Å². The van der Waals surface area contributed by atoms with Gasteiger partial charge in [-0.25, -0.2) is 23.4 Å². The van der Waals surface area contributed by atoms with E-state index in [-0.39, 0.29) is 17.0 Å². The van der Waals surface area contributed by atoms with E-state index in [2.05, 4.69) is 25.1 Å². The number of nitrogens with zero attached hydrogens (tertiary/aromatic N) is 4. The van der Waals surface area contributed by atoms with Gasteiger partial charge in [-0.2, -0.15) is 27.1 Å². The van der Waals surface area contributed by atoms with Crippen LogP contribution in [0.2, 0.25) is 0 Å². The lowest BCUT2D eigenvalue weighted by atomic mass is 9.84. The molecule has 4 rings (SSSR count). The minimum Gasteiger partial charge on any atom is -0.452 e. The number of ether oxygens (including phenoxy) is 1. The van der Waals surface area contributed by atoms with Gasteiger partial charge in [0.15, 0.2) is 11.9 Å². The highest BCUT2D eigenvalue weighted by molar-refractivity contribution is 5.89. The van der Waals surface area contributed by atoms with E-state index in [1.54, 1.807) is 0 Å². The summed E-state index contributed by atoms with van der Waals surface area (Å²) in [5.74, 6) is -1.01. The van der Waals surface area contributed by atoms with Crippen LogP contribution in [0.25, 0.3) is 10.9 Å². The minimum atomic E-state index is -4.89. The lowest BCUT2D eigenvalue weighted by Crippen LogP contribution is -2.48. The van der Waals surface area contributed by atoms with Crippen molar-refractivity contribution in [1.29, 1.82) is 0 Å². The Morgan fingerprint density at radius 1 is 1.27 bits per heavy atom. The maximum Gasteiger partial charge on any atom is 0.425 e. The van der Waals surface area contributed by atoms with Crippen LogP contribution in [0.1, 0.15) is 18.5 Å². The quantitative estimate of drug-likeness (QED) is 0.528. The third-order valence-corrected chi connectivity index (χ3v) is 5.07. The molecule has 1 aliphatic heterocycles. The average Bonchev–Trinajstić information content (AvgIpc) is 3.20. The molecule has 0 fully saturated rings. The van der Waals surface area contributed by atoms with Gasteiger partial charge in [0, 0.05) is 35.5 Å². The fourth-order valence-electron chi connectivity index (χ4n) is 3.54. The summed E-state index contributed by atoms with van der Waals surface area (Å²) in [5, 5.41) is 6.81. The number of hydrogen-bond donors (Lipinski definition) is 2. The van der Waals surface area contributed by atoms with Crippen molar-refractivity contribution in [3.63, 3.8) is 0 Å². The normalized spacial score (nSPS) is 21.2. The molecule has 0 bridgehead atoms. The molecule has 33 heavy (non-hydrogen) atoms. The van der Waals surface area contributed by atoms with E-state index in [9.17, 15) is 30.7 Å². The number of rotatable bonds is 5. The molecule has 0 spiro atoms. The van der Waals surface area contributed by atoms with Crippen molar-refractivity contribution in [2.45, 2.75) is 30.8 Å². The van der Waals surface area contributed by atoms with Crippen molar-refractivity contribution in [3.05, 3.63) is 48.0 Å². The smallest absolute Gasteiger partial charge is 0.425 e. The number of anilines is 2. The molecule has 176 valence electrons. The maximum atomic E-state index is 14.7. The van der Waals surface area contributed by atoms with Gasteiger partial charge in [-0.1, -0.05) is 0 Å². The molecule has 2 atom stereocenters. The lowest BCUT2D eigenvalue weighted by molar-refractivity contribution is -0.209. The maximum absolute atomic E-state index is 14.7. The van der Waals surface area contributed by atoms with Gasteiger partial charge in [-0.3, -0.25) is 0 Å². The van der Waals surface area contributed by atoms with Crippen molar-refractivity contribution < 1.29 is 35.5 Å². The van der Waals surface area contributed by atoms with Crippen LogP contribution in [0.5, 0.6) is 0 Å². The van der Waals surface area contributed by atoms with Gasteiger partial charge in [0.2, 0.25) is 0 Å².